The first-order chi connectivity index (χ1) is 18.4. The van der Waals surface area contributed by atoms with Crippen LogP contribution < -0.4 is 11.1 Å². The molecule has 196 valence electrons. The van der Waals surface area contributed by atoms with Crippen molar-refractivity contribution in [3.05, 3.63) is 46.9 Å². The molecular formula is C21H19N9O5S3. The van der Waals surface area contributed by atoms with Crippen molar-refractivity contribution in [2.75, 3.05) is 24.3 Å². The number of carboxylic acids is 1. The zero-order valence-corrected chi connectivity index (χ0v) is 22.0. The third-order valence-electron chi connectivity index (χ3n) is 5.48. The number of aromatic nitrogens is 5. The smallest absolute Gasteiger partial charge is 0.352 e. The second kappa shape index (κ2) is 10.8. The largest absolute Gasteiger partial charge is 0.477 e. The van der Waals surface area contributed by atoms with Gasteiger partial charge in [-0.25, -0.2) is 9.78 Å². The zero-order valence-electron chi connectivity index (χ0n) is 19.5. The van der Waals surface area contributed by atoms with Crippen molar-refractivity contribution in [2.45, 2.75) is 16.6 Å². The number of nitrogens with zero attached hydrogens (tertiary/aromatic N) is 6. The molecule has 5 heterocycles. The third-order valence-corrected chi connectivity index (χ3v) is 8.45. The van der Waals surface area contributed by atoms with Crippen LogP contribution in [0.1, 0.15) is 5.69 Å². The average Bonchev–Trinajstić information content (AvgIpc) is 3.58. The van der Waals surface area contributed by atoms with Gasteiger partial charge in [-0.15, -0.1) is 33.3 Å². The van der Waals surface area contributed by atoms with Crippen LogP contribution >= 0.6 is 34.9 Å². The number of oxime groups is 1. The minimum Gasteiger partial charge on any atom is -0.477 e. The van der Waals surface area contributed by atoms with Crippen LogP contribution in [0.3, 0.4) is 0 Å². The van der Waals surface area contributed by atoms with E-state index in [9.17, 15) is 19.5 Å². The van der Waals surface area contributed by atoms with Crippen LogP contribution in [0.4, 0.5) is 5.13 Å². The van der Waals surface area contributed by atoms with Gasteiger partial charge in [-0.2, -0.15) is 0 Å². The Hall–Kier alpha value is -3.96. The van der Waals surface area contributed by atoms with E-state index in [1.165, 1.54) is 35.5 Å². The summed E-state index contributed by atoms with van der Waals surface area (Å²) in [5.74, 6) is -1.28. The molecule has 0 saturated carbocycles. The number of thiazole rings is 1. The highest BCUT2D eigenvalue weighted by atomic mass is 32.2. The lowest BCUT2D eigenvalue weighted by Crippen LogP contribution is -2.71. The number of β-lactam (4-membered cyclic amide) rings is 1. The Morgan fingerprint density at radius 3 is 2.95 bits per heavy atom. The first-order valence-electron chi connectivity index (χ1n) is 10.9. The number of anilines is 1. The van der Waals surface area contributed by atoms with Crippen molar-refractivity contribution in [1.82, 2.24) is 35.4 Å². The fourth-order valence-electron chi connectivity index (χ4n) is 3.80. The molecule has 0 radical (unpaired) electrons. The number of carbonyl (C=O) groups is 3. The zero-order chi connectivity index (χ0) is 26.8. The molecular weight excluding hydrogens is 554 g/mol. The lowest BCUT2D eigenvalue weighted by atomic mass is 10.0. The van der Waals surface area contributed by atoms with Crippen molar-refractivity contribution in [3.8, 4) is 11.4 Å². The molecule has 3 aromatic rings. The van der Waals surface area contributed by atoms with Gasteiger partial charge in [0.2, 0.25) is 0 Å². The van der Waals surface area contributed by atoms with Crippen molar-refractivity contribution < 1.29 is 24.3 Å². The number of rotatable bonds is 9. The summed E-state index contributed by atoms with van der Waals surface area (Å²) < 4.78 is 0. The van der Waals surface area contributed by atoms with E-state index in [0.29, 0.717) is 22.3 Å². The van der Waals surface area contributed by atoms with Gasteiger partial charge in [-0.1, -0.05) is 16.9 Å². The predicted molar refractivity (Wildman–Crippen MR) is 140 cm³/mol. The molecule has 5 rings (SSSR count). The van der Waals surface area contributed by atoms with E-state index >= 15 is 0 Å². The van der Waals surface area contributed by atoms with Gasteiger partial charge in [0, 0.05) is 34.8 Å². The molecule has 0 aromatic carbocycles. The van der Waals surface area contributed by atoms with E-state index in [1.54, 1.807) is 23.8 Å². The Morgan fingerprint density at radius 1 is 1.42 bits per heavy atom. The topological polar surface area (TPSA) is 202 Å². The number of carbonyl (C=O) groups excluding carboxylic acids is 2. The Kier molecular flexibility index (Phi) is 7.30. The van der Waals surface area contributed by atoms with Crippen molar-refractivity contribution in [1.29, 1.82) is 0 Å². The highest BCUT2D eigenvalue weighted by Crippen LogP contribution is 2.41. The van der Waals surface area contributed by atoms with E-state index in [-0.39, 0.29) is 28.0 Å². The molecule has 0 spiro atoms. The minimum absolute atomic E-state index is 0.0956. The Morgan fingerprint density at radius 2 is 2.26 bits per heavy atom. The van der Waals surface area contributed by atoms with Crippen LogP contribution in [0.15, 0.2) is 51.5 Å². The highest BCUT2D eigenvalue weighted by molar-refractivity contribution is 8.01. The van der Waals surface area contributed by atoms with Gasteiger partial charge in [0.1, 0.15) is 29.9 Å². The van der Waals surface area contributed by atoms with Gasteiger partial charge < -0.3 is 26.0 Å². The summed E-state index contributed by atoms with van der Waals surface area (Å²) >= 11 is 3.75. The first kappa shape index (κ1) is 25.7. The molecule has 1 saturated heterocycles. The Bertz CT molecular complexity index is 1460. The van der Waals surface area contributed by atoms with Crippen molar-refractivity contribution in [3.63, 3.8) is 0 Å². The summed E-state index contributed by atoms with van der Waals surface area (Å²) in [6, 6.07) is 2.68. The highest BCUT2D eigenvalue weighted by Gasteiger charge is 2.54. The molecule has 2 amide bonds. The van der Waals surface area contributed by atoms with Crippen LogP contribution in [-0.2, 0) is 19.2 Å². The molecule has 1 fully saturated rings. The van der Waals surface area contributed by atoms with Gasteiger partial charge in [-0.3, -0.25) is 19.5 Å². The van der Waals surface area contributed by atoms with E-state index in [4.69, 9.17) is 10.6 Å². The second-order valence-electron chi connectivity index (χ2n) is 7.82. The molecule has 1 unspecified atom stereocenters. The van der Waals surface area contributed by atoms with Crippen molar-refractivity contribution >= 4 is 63.5 Å². The van der Waals surface area contributed by atoms with Crippen LogP contribution in [0.5, 0.6) is 0 Å². The first-order valence-corrected chi connectivity index (χ1v) is 13.8. The molecule has 5 N–H and O–H groups in total. The Balaban J connectivity index is 1.28. The number of hydrogen-bond acceptors (Lipinski definition) is 13. The number of nitrogens with one attached hydrogen (secondary N) is 2. The number of fused-ring (bicyclic) bond motifs is 1. The molecule has 14 nitrogen and oxygen atoms in total. The quantitative estimate of drug-likeness (QED) is 0.121. The summed E-state index contributed by atoms with van der Waals surface area (Å²) in [5, 5.41) is 26.2. The number of amides is 2. The van der Waals surface area contributed by atoms with E-state index in [1.807, 2.05) is 6.07 Å². The standard InChI is InChI=1S/C21H19N9O5S3/c1-35-29-12(11-8-37-20(22)24-11)16(31)25-13-17(32)30-14(19(33)34)10(6-36-18(13)30)7-38-21-26-15(27-28-21)9-3-2-4-23-5-9/h2-5,8,13,18H,6-7H2,1H3,(H2,22,24)(H,25,31)(H,33,34)(H,26,27,28)/t13?,18-/m0/s1. The van der Waals surface area contributed by atoms with E-state index in [0.717, 1.165) is 16.9 Å². The van der Waals surface area contributed by atoms with Crippen LogP contribution in [0.2, 0.25) is 0 Å². The molecule has 2 aliphatic rings. The summed E-state index contributed by atoms with van der Waals surface area (Å²) in [4.78, 5) is 55.2. The Labute approximate surface area is 227 Å². The predicted octanol–water partition coefficient (Wildman–Crippen LogP) is 0.787. The fraction of sp³-hybridized carbons (Fsp3) is 0.238. The number of hydrogen-bond donors (Lipinski definition) is 4. The molecule has 3 aromatic heterocycles. The maximum absolute atomic E-state index is 13.0. The van der Waals surface area contributed by atoms with Gasteiger partial charge in [-0.05, 0) is 17.7 Å². The maximum atomic E-state index is 13.0. The lowest BCUT2D eigenvalue weighted by molar-refractivity contribution is -0.150. The number of thioether (sulfide) groups is 2. The molecule has 38 heavy (non-hydrogen) atoms. The van der Waals surface area contributed by atoms with Crippen LogP contribution in [0, 0.1) is 0 Å². The van der Waals surface area contributed by atoms with E-state index < -0.39 is 29.2 Å². The number of pyridine rings is 1. The molecule has 17 heteroatoms. The molecule has 2 atom stereocenters. The van der Waals surface area contributed by atoms with Crippen LogP contribution in [-0.4, -0.2) is 88.7 Å². The van der Waals surface area contributed by atoms with Crippen molar-refractivity contribution in [2.24, 2.45) is 5.16 Å². The summed E-state index contributed by atoms with van der Waals surface area (Å²) in [6.07, 6.45) is 3.30. The number of nitrogens with two attached hydrogens (primary N) is 1. The summed E-state index contributed by atoms with van der Waals surface area (Å²) in [6.45, 7) is 0. The average molecular weight is 574 g/mol. The lowest BCUT2D eigenvalue weighted by Gasteiger charge is -2.49. The van der Waals surface area contributed by atoms with Gasteiger partial charge in [0.25, 0.3) is 11.8 Å². The summed E-state index contributed by atoms with van der Waals surface area (Å²) in [5.41, 5.74) is 6.94. The van der Waals surface area contributed by atoms with Crippen LogP contribution in [0.25, 0.3) is 11.4 Å². The van der Waals surface area contributed by atoms with Gasteiger partial charge in [0.15, 0.2) is 21.8 Å². The number of nitrogen functional groups attached to an aromatic ring is 1. The normalized spacial score (nSPS) is 19.1. The molecule has 2 aliphatic heterocycles. The SMILES string of the molecule is CON=C(C(=O)NC1C(=O)N2C(C(=O)O)=C(CSc3nnc(-c4cccnc4)[nH]3)CS[C@@H]12)c1csc(N)n1. The number of aliphatic carboxylic acids is 1. The molecule has 0 aliphatic carbocycles. The van der Waals surface area contributed by atoms with Gasteiger partial charge >= 0.3 is 5.97 Å². The summed E-state index contributed by atoms with van der Waals surface area (Å²) in [7, 11) is 1.28. The minimum atomic E-state index is -1.22. The fourth-order valence-corrected chi connectivity index (χ4v) is 6.64. The number of carboxylic acid groups (broad SMARTS) is 1. The monoisotopic (exact) mass is 573 g/mol. The maximum Gasteiger partial charge on any atom is 0.352 e. The third kappa shape index (κ3) is 4.94. The number of H-pyrrole nitrogens is 1. The molecule has 0 bridgehead atoms. The number of aromatic amines is 1. The van der Waals surface area contributed by atoms with E-state index in [2.05, 4.69) is 35.6 Å². The van der Waals surface area contributed by atoms with Gasteiger partial charge in [0.05, 0.1) is 0 Å². The second-order valence-corrected chi connectivity index (χ2v) is 10.8.